The Balaban J connectivity index is 2.27. The lowest BCUT2D eigenvalue weighted by atomic mass is 9.85. The maximum absolute atomic E-state index is 14.0. The first-order valence-corrected chi connectivity index (χ1v) is 6.56. The second-order valence-corrected chi connectivity index (χ2v) is 5.08. The van der Waals surface area contributed by atoms with Crippen molar-refractivity contribution in [1.82, 2.24) is 0 Å². The molecular formula is C18H15FO. The summed E-state index contributed by atoms with van der Waals surface area (Å²) < 4.78 is 14.0. The molecule has 1 nitrogen and oxygen atoms in total. The third-order valence-electron chi connectivity index (χ3n) is 3.71. The molecule has 1 unspecified atom stereocenters. The first-order chi connectivity index (χ1) is 9.60. The van der Waals surface area contributed by atoms with Gasteiger partial charge in [0.15, 0.2) is 0 Å². The molecule has 3 aromatic rings. The molecule has 20 heavy (non-hydrogen) atoms. The van der Waals surface area contributed by atoms with Gasteiger partial charge < -0.3 is 5.11 Å². The highest BCUT2D eigenvalue weighted by molar-refractivity contribution is 5.86. The van der Waals surface area contributed by atoms with E-state index in [0.29, 0.717) is 5.56 Å². The van der Waals surface area contributed by atoms with E-state index in [2.05, 4.69) is 0 Å². The van der Waals surface area contributed by atoms with Crippen LogP contribution in [0.2, 0.25) is 0 Å². The third kappa shape index (κ3) is 1.98. The number of benzene rings is 3. The van der Waals surface area contributed by atoms with Gasteiger partial charge in [-0.05, 0) is 29.3 Å². The minimum atomic E-state index is -1.37. The molecule has 0 saturated heterocycles. The SMILES string of the molecule is CC(O)(c1ccccc1F)c1cccc2ccccc12. The third-order valence-corrected chi connectivity index (χ3v) is 3.71. The minimum absolute atomic E-state index is 0.288. The Kier molecular flexibility index (Phi) is 3.03. The summed E-state index contributed by atoms with van der Waals surface area (Å²) in [6, 6.07) is 19.9. The number of aliphatic hydroxyl groups is 1. The lowest BCUT2D eigenvalue weighted by Gasteiger charge is -2.26. The van der Waals surface area contributed by atoms with Crippen LogP contribution in [0, 0.1) is 5.82 Å². The van der Waals surface area contributed by atoms with Gasteiger partial charge in [-0.1, -0.05) is 60.7 Å². The van der Waals surface area contributed by atoms with Crippen molar-refractivity contribution >= 4 is 10.8 Å². The van der Waals surface area contributed by atoms with Crippen molar-refractivity contribution in [3.63, 3.8) is 0 Å². The second-order valence-electron chi connectivity index (χ2n) is 5.08. The zero-order valence-corrected chi connectivity index (χ0v) is 11.2. The maximum atomic E-state index is 14.0. The first kappa shape index (κ1) is 12.8. The van der Waals surface area contributed by atoms with Crippen molar-refractivity contribution in [2.24, 2.45) is 0 Å². The van der Waals surface area contributed by atoms with Gasteiger partial charge in [0.2, 0.25) is 0 Å². The summed E-state index contributed by atoms with van der Waals surface area (Å²) in [4.78, 5) is 0. The van der Waals surface area contributed by atoms with E-state index >= 15 is 0 Å². The molecule has 0 heterocycles. The molecule has 0 aromatic heterocycles. The van der Waals surface area contributed by atoms with Crippen LogP contribution in [0.3, 0.4) is 0 Å². The fraction of sp³-hybridized carbons (Fsp3) is 0.111. The Morgan fingerprint density at radius 1 is 0.800 bits per heavy atom. The van der Waals surface area contributed by atoms with Gasteiger partial charge in [0.1, 0.15) is 11.4 Å². The summed E-state index contributed by atoms with van der Waals surface area (Å²) >= 11 is 0. The predicted molar refractivity (Wildman–Crippen MR) is 79.0 cm³/mol. The maximum Gasteiger partial charge on any atom is 0.129 e. The molecule has 0 aliphatic heterocycles. The molecule has 1 N–H and O–H groups in total. The fourth-order valence-electron chi connectivity index (χ4n) is 2.65. The molecule has 100 valence electrons. The highest BCUT2D eigenvalue weighted by Crippen LogP contribution is 2.35. The quantitative estimate of drug-likeness (QED) is 0.735. The van der Waals surface area contributed by atoms with E-state index in [1.54, 1.807) is 25.1 Å². The molecule has 1 atom stereocenters. The molecule has 0 fully saturated rings. The van der Waals surface area contributed by atoms with E-state index in [0.717, 1.165) is 10.8 Å². The van der Waals surface area contributed by atoms with Crippen LogP contribution in [-0.2, 0) is 5.60 Å². The first-order valence-electron chi connectivity index (χ1n) is 6.56. The average Bonchev–Trinajstić information content (AvgIpc) is 2.47. The van der Waals surface area contributed by atoms with Crippen molar-refractivity contribution in [3.05, 3.63) is 83.7 Å². The van der Waals surface area contributed by atoms with Gasteiger partial charge >= 0.3 is 0 Å². The van der Waals surface area contributed by atoms with Crippen LogP contribution in [0.15, 0.2) is 66.7 Å². The zero-order valence-electron chi connectivity index (χ0n) is 11.2. The van der Waals surface area contributed by atoms with Gasteiger partial charge in [0, 0.05) is 5.56 Å². The van der Waals surface area contributed by atoms with Crippen LogP contribution in [0.4, 0.5) is 4.39 Å². The molecule has 2 heteroatoms. The minimum Gasteiger partial charge on any atom is -0.381 e. The largest absolute Gasteiger partial charge is 0.381 e. The lowest BCUT2D eigenvalue weighted by molar-refractivity contribution is 0.0995. The van der Waals surface area contributed by atoms with Crippen molar-refractivity contribution in [2.75, 3.05) is 0 Å². The van der Waals surface area contributed by atoms with E-state index < -0.39 is 11.4 Å². The van der Waals surface area contributed by atoms with Crippen molar-refractivity contribution in [1.29, 1.82) is 0 Å². The molecule has 0 saturated carbocycles. The van der Waals surface area contributed by atoms with Crippen LogP contribution >= 0.6 is 0 Å². The van der Waals surface area contributed by atoms with E-state index in [9.17, 15) is 9.50 Å². The van der Waals surface area contributed by atoms with Crippen LogP contribution in [0.5, 0.6) is 0 Å². The summed E-state index contributed by atoms with van der Waals surface area (Å²) in [7, 11) is 0. The lowest BCUT2D eigenvalue weighted by Crippen LogP contribution is -2.24. The van der Waals surface area contributed by atoms with Gasteiger partial charge in [-0.2, -0.15) is 0 Å². The summed E-state index contributed by atoms with van der Waals surface area (Å²) in [5.74, 6) is -0.398. The highest BCUT2D eigenvalue weighted by Gasteiger charge is 2.29. The molecule has 0 bridgehead atoms. The summed E-state index contributed by atoms with van der Waals surface area (Å²) in [6.45, 7) is 1.63. The van der Waals surface area contributed by atoms with Gasteiger partial charge in [-0.3, -0.25) is 0 Å². The fourth-order valence-corrected chi connectivity index (χ4v) is 2.65. The summed E-state index contributed by atoms with van der Waals surface area (Å²) in [5, 5.41) is 12.9. The van der Waals surface area contributed by atoms with Gasteiger partial charge in [-0.25, -0.2) is 4.39 Å². The summed E-state index contributed by atoms with van der Waals surface area (Å²) in [5.41, 5.74) is -0.372. The number of halogens is 1. The van der Waals surface area contributed by atoms with E-state index in [1.165, 1.54) is 6.07 Å². The summed E-state index contributed by atoms with van der Waals surface area (Å²) in [6.07, 6.45) is 0. The van der Waals surface area contributed by atoms with Gasteiger partial charge in [0.25, 0.3) is 0 Å². The molecule has 0 aliphatic rings. The molecule has 0 radical (unpaired) electrons. The van der Waals surface area contributed by atoms with E-state index in [1.807, 2.05) is 42.5 Å². The average molecular weight is 266 g/mol. The van der Waals surface area contributed by atoms with Gasteiger partial charge in [0.05, 0.1) is 0 Å². The Labute approximate surface area is 117 Å². The van der Waals surface area contributed by atoms with Crippen molar-refractivity contribution in [3.8, 4) is 0 Å². The second kappa shape index (κ2) is 4.73. The van der Waals surface area contributed by atoms with E-state index in [4.69, 9.17) is 0 Å². The number of hydrogen-bond acceptors (Lipinski definition) is 1. The zero-order chi connectivity index (χ0) is 14.2. The smallest absolute Gasteiger partial charge is 0.129 e. The molecular weight excluding hydrogens is 251 g/mol. The van der Waals surface area contributed by atoms with Crippen LogP contribution in [0.1, 0.15) is 18.1 Å². The van der Waals surface area contributed by atoms with Crippen LogP contribution in [-0.4, -0.2) is 5.11 Å². The van der Waals surface area contributed by atoms with E-state index in [-0.39, 0.29) is 5.56 Å². The standard InChI is InChI=1S/C18H15FO/c1-18(20,16-10-4-5-12-17(16)19)15-11-6-8-13-7-2-3-9-14(13)15/h2-12,20H,1H3. The molecule has 3 rings (SSSR count). The molecule has 0 spiro atoms. The number of hydrogen-bond donors (Lipinski definition) is 1. The monoisotopic (exact) mass is 266 g/mol. The van der Waals surface area contributed by atoms with Crippen molar-refractivity contribution in [2.45, 2.75) is 12.5 Å². The molecule has 3 aromatic carbocycles. The Morgan fingerprint density at radius 3 is 2.20 bits per heavy atom. The Bertz CT molecular complexity index is 757. The van der Waals surface area contributed by atoms with Crippen molar-refractivity contribution < 1.29 is 9.50 Å². The van der Waals surface area contributed by atoms with Gasteiger partial charge in [-0.15, -0.1) is 0 Å². The Morgan fingerprint density at radius 2 is 1.40 bits per heavy atom. The topological polar surface area (TPSA) is 20.2 Å². The Hall–Kier alpha value is -2.19. The molecule has 0 aliphatic carbocycles. The van der Waals surface area contributed by atoms with Crippen LogP contribution in [0.25, 0.3) is 10.8 Å². The van der Waals surface area contributed by atoms with Crippen LogP contribution < -0.4 is 0 Å². The molecule has 0 amide bonds. The highest BCUT2D eigenvalue weighted by atomic mass is 19.1. The number of rotatable bonds is 2. The normalized spacial score (nSPS) is 14.2. The predicted octanol–water partition coefficient (Wildman–Crippen LogP) is 4.23. The number of fused-ring (bicyclic) bond motifs is 1.